The fourth-order valence-corrected chi connectivity index (χ4v) is 5.18. The number of hydrogen-bond donors (Lipinski definition) is 0. The molecule has 0 saturated carbocycles. The highest BCUT2D eigenvalue weighted by Gasteiger charge is 2.25. The predicted molar refractivity (Wildman–Crippen MR) is 151 cm³/mol. The molecule has 0 bridgehead atoms. The third kappa shape index (κ3) is 4.14. The Bertz CT molecular complexity index is 1870. The number of benzene rings is 3. The molecule has 0 radical (unpaired) electrons. The number of ether oxygens (including phenoxy) is 1. The first-order valence-electron chi connectivity index (χ1n) is 12.8. The summed E-state index contributed by atoms with van der Waals surface area (Å²) in [7, 11) is 1.67. The second-order valence-electron chi connectivity index (χ2n) is 9.39. The molecule has 39 heavy (non-hydrogen) atoms. The van der Waals surface area contributed by atoms with E-state index in [2.05, 4.69) is 53.1 Å². The first-order chi connectivity index (χ1) is 19.3. The number of rotatable bonds is 7. The molecule has 0 aliphatic heterocycles. The molecule has 190 valence electrons. The molecule has 0 atom stereocenters. The average Bonchev–Trinajstić information content (AvgIpc) is 3.72. The molecule has 3 aromatic carbocycles. The molecular formula is C32H25N5O2. The van der Waals surface area contributed by atoms with E-state index in [1.165, 1.54) is 0 Å². The fourth-order valence-electron chi connectivity index (χ4n) is 5.18. The molecule has 7 heteroatoms. The minimum absolute atomic E-state index is 0.538. The van der Waals surface area contributed by atoms with Crippen LogP contribution in [0.15, 0.2) is 114 Å². The molecule has 4 heterocycles. The van der Waals surface area contributed by atoms with Gasteiger partial charge in [0.05, 0.1) is 31.0 Å². The zero-order chi connectivity index (χ0) is 26.2. The van der Waals surface area contributed by atoms with Crippen LogP contribution in [-0.4, -0.2) is 31.3 Å². The molecule has 0 saturated heterocycles. The van der Waals surface area contributed by atoms with Crippen LogP contribution in [0.2, 0.25) is 0 Å². The smallest absolute Gasteiger partial charge is 0.169 e. The van der Waals surface area contributed by atoms with Crippen molar-refractivity contribution in [3.63, 3.8) is 0 Å². The quantitative estimate of drug-likeness (QED) is 0.240. The van der Waals surface area contributed by atoms with Crippen molar-refractivity contribution in [1.82, 2.24) is 24.1 Å². The minimum Gasteiger partial charge on any atom is -0.497 e. The highest BCUT2D eigenvalue weighted by Crippen LogP contribution is 2.42. The van der Waals surface area contributed by atoms with Crippen LogP contribution < -0.4 is 4.74 Å². The minimum atomic E-state index is 0.538. The van der Waals surface area contributed by atoms with Gasteiger partial charge >= 0.3 is 0 Å². The number of furan rings is 1. The van der Waals surface area contributed by atoms with Crippen molar-refractivity contribution in [1.29, 1.82) is 0 Å². The lowest BCUT2D eigenvalue weighted by Gasteiger charge is -2.11. The van der Waals surface area contributed by atoms with Gasteiger partial charge in [-0.15, -0.1) is 5.10 Å². The van der Waals surface area contributed by atoms with Gasteiger partial charge in [0.25, 0.3) is 0 Å². The summed E-state index contributed by atoms with van der Waals surface area (Å²) in [4.78, 5) is 9.98. The number of methoxy groups -OCH3 is 1. The third-order valence-corrected chi connectivity index (χ3v) is 6.95. The van der Waals surface area contributed by atoms with E-state index in [0.717, 1.165) is 62.0 Å². The summed E-state index contributed by atoms with van der Waals surface area (Å²) < 4.78 is 15.1. The zero-order valence-corrected chi connectivity index (χ0v) is 21.4. The second kappa shape index (κ2) is 9.61. The summed E-state index contributed by atoms with van der Waals surface area (Å²) in [6, 6.07) is 32.8. The molecule has 0 amide bonds. The standard InChI is InChI=1S/C32H25N5O2/c1-38-25-16-14-22(15-17-25)19-27-34-32-29-28(23-9-4-2-5-10-23)30(24-11-6-3-7-12-24)36(20-26-13-8-18-39-26)31(29)33-21-37(32)35-27/h2-18,21H,19-20H2,1H3. The highest BCUT2D eigenvalue weighted by molar-refractivity contribution is 6.09. The van der Waals surface area contributed by atoms with Crippen molar-refractivity contribution < 1.29 is 9.15 Å². The lowest BCUT2D eigenvalue weighted by Crippen LogP contribution is -2.03. The van der Waals surface area contributed by atoms with Crippen molar-refractivity contribution in [2.45, 2.75) is 13.0 Å². The van der Waals surface area contributed by atoms with E-state index in [1.807, 2.05) is 48.5 Å². The number of aromatic nitrogens is 5. The maximum atomic E-state index is 5.78. The van der Waals surface area contributed by atoms with Gasteiger partial charge in [-0.25, -0.2) is 14.5 Å². The Morgan fingerprint density at radius 3 is 2.23 bits per heavy atom. The molecule has 0 fully saturated rings. The Kier molecular flexibility index (Phi) is 5.66. The highest BCUT2D eigenvalue weighted by atomic mass is 16.5. The Morgan fingerprint density at radius 2 is 1.54 bits per heavy atom. The largest absolute Gasteiger partial charge is 0.497 e. The Balaban J connectivity index is 1.49. The van der Waals surface area contributed by atoms with Crippen LogP contribution in [0.1, 0.15) is 17.1 Å². The summed E-state index contributed by atoms with van der Waals surface area (Å²) in [6.45, 7) is 0.538. The molecule has 7 rings (SSSR count). The van der Waals surface area contributed by atoms with Gasteiger partial charge in [-0.2, -0.15) is 0 Å². The summed E-state index contributed by atoms with van der Waals surface area (Å²) in [5, 5.41) is 5.77. The van der Waals surface area contributed by atoms with E-state index in [1.54, 1.807) is 24.2 Å². The van der Waals surface area contributed by atoms with Crippen molar-refractivity contribution in [2.24, 2.45) is 0 Å². The molecule has 0 aliphatic carbocycles. The summed E-state index contributed by atoms with van der Waals surface area (Å²) in [6.07, 6.45) is 4.06. The maximum absolute atomic E-state index is 5.78. The van der Waals surface area contributed by atoms with Gasteiger partial charge in [0.2, 0.25) is 0 Å². The summed E-state index contributed by atoms with van der Waals surface area (Å²) >= 11 is 0. The first-order valence-corrected chi connectivity index (χ1v) is 12.8. The van der Waals surface area contributed by atoms with Gasteiger partial charge in [0.15, 0.2) is 11.5 Å². The van der Waals surface area contributed by atoms with Crippen molar-refractivity contribution in [2.75, 3.05) is 7.11 Å². The van der Waals surface area contributed by atoms with Crippen LogP contribution in [0.4, 0.5) is 0 Å². The van der Waals surface area contributed by atoms with E-state index < -0.39 is 0 Å². The topological polar surface area (TPSA) is 70.4 Å². The van der Waals surface area contributed by atoms with Gasteiger partial charge in [0, 0.05) is 12.0 Å². The molecule has 7 nitrogen and oxygen atoms in total. The fraction of sp³-hybridized carbons (Fsp3) is 0.0938. The van der Waals surface area contributed by atoms with Crippen LogP contribution in [0.25, 0.3) is 39.1 Å². The lowest BCUT2D eigenvalue weighted by molar-refractivity contribution is 0.414. The van der Waals surface area contributed by atoms with Crippen LogP contribution in [0.3, 0.4) is 0 Å². The van der Waals surface area contributed by atoms with E-state index in [-0.39, 0.29) is 0 Å². The van der Waals surface area contributed by atoms with Gasteiger partial charge in [-0.3, -0.25) is 0 Å². The second-order valence-corrected chi connectivity index (χ2v) is 9.39. The van der Waals surface area contributed by atoms with Crippen LogP contribution in [-0.2, 0) is 13.0 Å². The summed E-state index contributed by atoms with van der Waals surface area (Å²) in [5.41, 5.74) is 7.04. The maximum Gasteiger partial charge on any atom is 0.169 e. The van der Waals surface area contributed by atoms with Gasteiger partial charge < -0.3 is 13.7 Å². The van der Waals surface area contributed by atoms with E-state index in [0.29, 0.717) is 13.0 Å². The van der Waals surface area contributed by atoms with Gasteiger partial charge in [-0.1, -0.05) is 72.8 Å². The lowest BCUT2D eigenvalue weighted by atomic mass is 9.99. The van der Waals surface area contributed by atoms with Crippen molar-refractivity contribution >= 4 is 16.7 Å². The van der Waals surface area contributed by atoms with E-state index in [9.17, 15) is 0 Å². The predicted octanol–water partition coefficient (Wildman–Crippen LogP) is 6.65. The van der Waals surface area contributed by atoms with Crippen LogP contribution in [0.5, 0.6) is 5.75 Å². The van der Waals surface area contributed by atoms with Gasteiger partial charge in [0.1, 0.15) is 23.5 Å². The van der Waals surface area contributed by atoms with Gasteiger partial charge in [-0.05, 0) is 41.0 Å². The van der Waals surface area contributed by atoms with Crippen LogP contribution >= 0.6 is 0 Å². The first kappa shape index (κ1) is 23.0. The average molecular weight is 512 g/mol. The normalized spacial score (nSPS) is 11.4. The monoisotopic (exact) mass is 511 g/mol. The Hall–Kier alpha value is -5.17. The molecule has 0 unspecified atom stereocenters. The number of nitrogens with zero attached hydrogens (tertiary/aromatic N) is 5. The molecule has 4 aromatic heterocycles. The number of hydrogen-bond acceptors (Lipinski definition) is 5. The van der Waals surface area contributed by atoms with Crippen molar-refractivity contribution in [3.8, 4) is 28.1 Å². The molecule has 0 spiro atoms. The molecule has 7 aromatic rings. The van der Waals surface area contributed by atoms with Crippen molar-refractivity contribution in [3.05, 3.63) is 127 Å². The third-order valence-electron chi connectivity index (χ3n) is 6.95. The summed E-state index contributed by atoms with van der Waals surface area (Å²) in [5.74, 6) is 2.41. The molecular weight excluding hydrogens is 486 g/mol. The molecule has 0 N–H and O–H groups in total. The number of fused-ring (bicyclic) bond motifs is 3. The Labute approximate surface area is 225 Å². The zero-order valence-electron chi connectivity index (χ0n) is 21.4. The molecule has 0 aliphatic rings. The van der Waals surface area contributed by atoms with E-state index in [4.69, 9.17) is 24.2 Å². The Morgan fingerprint density at radius 1 is 0.795 bits per heavy atom. The van der Waals surface area contributed by atoms with Crippen LogP contribution in [0, 0.1) is 0 Å². The SMILES string of the molecule is COc1ccc(Cc2nc3c4c(-c5ccccc5)c(-c5ccccc5)n(Cc5ccco5)c4ncn3n2)cc1. The van der Waals surface area contributed by atoms with E-state index >= 15 is 0 Å².